The summed E-state index contributed by atoms with van der Waals surface area (Å²) in [5.41, 5.74) is 1.78. The molecule has 0 bridgehead atoms. The number of imidazole rings is 1. The lowest BCUT2D eigenvalue weighted by Gasteiger charge is -2.32. The van der Waals surface area contributed by atoms with Gasteiger partial charge in [0.15, 0.2) is 5.69 Å². The lowest BCUT2D eigenvalue weighted by Crippen LogP contribution is -2.32. The predicted molar refractivity (Wildman–Crippen MR) is 131 cm³/mol. The highest BCUT2D eigenvalue weighted by Gasteiger charge is 2.41. The molecule has 0 N–H and O–H groups in total. The van der Waals surface area contributed by atoms with E-state index in [-0.39, 0.29) is 31.3 Å². The molecule has 0 spiro atoms. The van der Waals surface area contributed by atoms with Gasteiger partial charge in [0.2, 0.25) is 5.95 Å². The van der Waals surface area contributed by atoms with Crippen LogP contribution in [0.15, 0.2) is 42.5 Å². The Hall–Kier alpha value is -2.72. The van der Waals surface area contributed by atoms with Crippen LogP contribution in [0.25, 0.3) is 0 Å². The van der Waals surface area contributed by atoms with Gasteiger partial charge in [0, 0.05) is 32.7 Å². The molecule has 37 heavy (non-hydrogen) atoms. The van der Waals surface area contributed by atoms with Gasteiger partial charge in [-0.05, 0) is 43.0 Å². The largest absolute Gasteiger partial charge is 0.435 e. The number of hydrogen-bond donors (Lipinski definition) is 0. The molecule has 0 saturated carbocycles. The third kappa shape index (κ3) is 6.41. The van der Waals surface area contributed by atoms with Crippen LogP contribution in [-0.2, 0) is 25.8 Å². The van der Waals surface area contributed by atoms with Crippen molar-refractivity contribution in [2.45, 2.75) is 58.7 Å². The van der Waals surface area contributed by atoms with Crippen LogP contribution in [0.1, 0.15) is 40.9 Å². The third-order valence-corrected chi connectivity index (χ3v) is 6.62. The van der Waals surface area contributed by atoms with Gasteiger partial charge in [-0.25, -0.2) is 4.98 Å². The summed E-state index contributed by atoms with van der Waals surface area (Å²) in [6, 6.07) is 12.4. The zero-order valence-corrected chi connectivity index (χ0v) is 21.2. The summed E-state index contributed by atoms with van der Waals surface area (Å²) in [6.07, 6.45) is -9.82. The molecule has 0 saturated heterocycles. The molecule has 200 valence electrons. The zero-order chi connectivity index (χ0) is 27.0. The monoisotopic (exact) mass is 544 g/mol. The molecule has 4 rings (SSSR count). The van der Waals surface area contributed by atoms with Gasteiger partial charge in [-0.15, -0.1) is 0 Å². The van der Waals surface area contributed by atoms with E-state index in [1.165, 1.54) is 9.47 Å². The molecular formula is C26H27ClF6N4. The van der Waals surface area contributed by atoms with E-state index >= 15 is 0 Å². The van der Waals surface area contributed by atoms with Crippen LogP contribution >= 0.6 is 11.6 Å². The number of fused-ring (bicyclic) bond motifs is 1. The van der Waals surface area contributed by atoms with Crippen LogP contribution in [0, 0.1) is 13.8 Å². The maximum atomic E-state index is 14.2. The Morgan fingerprint density at radius 3 is 2.30 bits per heavy atom. The fourth-order valence-corrected chi connectivity index (χ4v) is 5.23. The van der Waals surface area contributed by atoms with Crippen LogP contribution in [-0.4, -0.2) is 33.7 Å². The van der Waals surface area contributed by atoms with E-state index in [0.717, 1.165) is 11.1 Å². The predicted octanol–water partition coefficient (Wildman–Crippen LogP) is 7.67. The van der Waals surface area contributed by atoms with Crippen LogP contribution in [0.4, 0.5) is 38.0 Å². The smallest absolute Gasteiger partial charge is 0.312 e. The lowest BCUT2D eigenvalue weighted by atomic mass is 10.1. The van der Waals surface area contributed by atoms with E-state index in [2.05, 4.69) is 4.98 Å². The van der Waals surface area contributed by atoms with Gasteiger partial charge >= 0.3 is 12.4 Å². The quantitative estimate of drug-likeness (QED) is 0.285. The van der Waals surface area contributed by atoms with Gasteiger partial charge in [-0.2, -0.15) is 26.3 Å². The number of halogens is 7. The van der Waals surface area contributed by atoms with Crippen LogP contribution in [0.2, 0.25) is 5.02 Å². The molecule has 1 aromatic heterocycles. The summed E-state index contributed by atoms with van der Waals surface area (Å²) in [5, 5.41) is 0.403. The second kappa shape index (κ2) is 10.6. The Bertz CT molecular complexity index is 1210. The number of alkyl halides is 6. The average Bonchev–Trinajstić information content (AvgIpc) is 3.17. The van der Waals surface area contributed by atoms with Crippen molar-refractivity contribution in [2.75, 3.05) is 18.0 Å². The number of aromatic nitrogens is 2. The highest BCUT2D eigenvalue weighted by molar-refractivity contribution is 6.33. The first-order chi connectivity index (χ1) is 17.3. The van der Waals surface area contributed by atoms with Gasteiger partial charge in [0.1, 0.15) is 0 Å². The second-order valence-corrected chi connectivity index (χ2v) is 9.74. The molecule has 1 aliphatic rings. The first-order valence-electron chi connectivity index (χ1n) is 11.9. The Morgan fingerprint density at radius 2 is 1.68 bits per heavy atom. The van der Waals surface area contributed by atoms with E-state index in [1.54, 1.807) is 41.3 Å². The Kier molecular flexibility index (Phi) is 7.80. The minimum atomic E-state index is -4.78. The van der Waals surface area contributed by atoms with E-state index in [0.29, 0.717) is 29.2 Å². The minimum Gasteiger partial charge on any atom is -0.312 e. The fourth-order valence-electron chi connectivity index (χ4n) is 4.80. The van der Waals surface area contributed by atoms with E-state index in [9.17, 15) is 26.3 Å². The number of nitrogens with zero attached hydrogens (tertiary/aromatic N) is 4. The molecule has 2 aromatic carbocycles. The molecule has 0 amide bonds. The van der Waals surface area contributed by atoms with Crippen LogP contribution in [0.3, 0.4) is 0 Å². The minimum absolute atomic E-state index is 0.0708. The highest BCUT2D eigenvalue weighted by atomic mass is 35.5. The van der Waals surface area contributed by atoms with Crippen molar-refractivity contribution >= 4 is 23.2 Å². The number of benzene rings is 2. The van der Waals surface area contributed by atoms with E-state index in [1.807, 2.05) is 19.9 Å². The number of rotatable bonds is 7. The molecule has 1 aliphatic heterocycles. The molecule has 11 heteroatoms. The molecule has 0 atom stereocenters. The van der Waals surface area contributed by atoms with Crippen LogP contribution in [0.5, 0.6) is 0 Å². The Morgan fingerprint density at radius 1 is 0.973 bits per heavy atom. The molecule has 4 nitrogen and oxygen atoms in total. The van der Waals surface area contributed by atoms with Crippen molar-refractivity contribution < 1.29 is 26.3 Å². The lowest BCUT2D eigenvalue weighted by molar-refractivity contribution is -0.143. The standard InChI is InChI=1S/C26H27ClF6N4/c1-17-13-18(2)22(20(27)14-17)37-11-6-10-36-21(23(26(31,32)33)34-24(36)37)16-35(12-9-25(28,29)30)15-19-7-4-3-5-8-19/h3-5,7-8,13-14H,6,9-12,15-16H2,1-2H3. The molecule has 2 heterocycles. The summed E-state index contributed by atoms with van der Waals surface area (Å²) in [7, 11) is 0. The van der Waals surface area contributed by atoms with Crippen molar-refractivity contribution in [3.63, 3.8) is 0 Å². The average molecular weight is 545 g/mol. The summed E-state index contributed by atoms with van der Waals surface area (Å²) < 4.78 is 83.3. The maximum Gasteiger partial charge on any atom is 0.435 e. The first kappa shape index (κ1) is 27.3. The van der Waals surface area contributed by atoms with Gasteiger partial charge in [0.05, 0.1) is 22.8 Å². The number of hydrogen-bond acceptors (Lipinski definition) is 3. The summed E-state index contributed by atoms with van der Waals surface area (Å²) in [6.45, 7) is 3.69. The summed E-state index contributed by atoms with van der Waals surface area (Å²) in [4.78, 5) is 7.08. The first-order valence-corrected chi connectivity index (χ1v) is 12.2. The van der Waals surface area contributed by atoms with E-state index < -0.39 is 31.0 Å². The molecule has 0 aliphatic carbocycles. The molecule has 0 radical (unpaired) electrons. The number of aryl methyl sites for hydroxylation is 2. The zero-order valence-electron chi connectivity index (χ0n) is 20.4. The third-order valence-electron chi connectivity index (χ3n) is 6.33. The Labute approximate surface area is 216 Å². The van der Waals surface area contributed by atoms with Crippen molar-refractivity contribution in [3.05, 3.63) is 75.6 Å². The van der Waals surface area contributed by atoms with Gasteiger partial charge in [-0.1, -0.05) is 48.0 Å². The van der Waals surface area contributed by atoms with Gasteiger partial charge < -0.3 is 9.47 Å². The van der Waals surface area contributed by atoms with E-state index in [4.69, 9.17) is 11.6 Å². The van der Waals surface area contributed by atoms with Crippen molar-refractivity contribution in [3.8, 4) is 0 Å². The molecule has 0 unspecified atom stereocenters. The highest BCUT2D eigenvalue weighted by Crippen LogP contribution is 2.41. The molecular weight excluding hydrogens is 518 g/mol. The molecule has 0 fully saturated rings. The summed E-state index contributed by atoms with van der Waals surface area (Å²) in [5.74, 6) is 0.0953. The summed E-state index contributed by atoms with van der Waals surface area (Å²) >= 11 is 6.51. The number of anilines is 2. The maximum absolute atomic E-state index is 14.2. The van der Waals surface area contributed by atoms with Gasteiger partial charge in [-0.3, -0.25) is 4.90 Å². The Balaban J connectivity index is 1.76. The topological polar surface area (TPSA) is 24.3 Å². The second-order valence-electron chi connectivity index (χ2n) is 9.34. The van der Waals surface area contributed by atoms with Crippen molar-refractivity contribution in [1.82, 2.24) is 14.5 Å². The fraction of sp³-hybridized carbons (Fsp3) is 0.423. The molecule has 3 aromatic rings. The normalized spacial score (nSPS) is 14.4. The SMILES string of the molecule is Cc1cc(C)c(N2CCCn3c2nc(C(F)(F)F)c3CN(CCC(F)(F)F)Cc2ccccc2)c(Cl)c1. The van der Waals surface area contributed by atoms with Crippen LogP contribution < -0.4 is 4.90 Å². The van der Waals surface area contributed by atoms with Gasteiger partial charge in [0.25, 0.3) is 0 Å². The van der Waals surface area contributed by atoms with Crippen molar-refractivity contribution in [2.24, 2.45) is 0 Å². The van der Waals surface area contributed by atoms with Crippen molar-refractivity contribution in [1.29, 1.82) is 0 Å².